The van der Waals surface area contributed by atoms with Crippen LogP contribution in [0.15, 0.2) is 11.6 Å². The standard InChI is InChI=1S/C4H7NS.HI/c1-5-2-3-6-4-5;/h2-3H,4H2,1H3;1H. The molecule has 1 aliphatic rings. The second kappa shape index (κ2) is 3.60. The third kappa shape index (κ3) is 2.43. The van der Waals surface area contributed by atoms with Crippen LogP contribution in [0.5, 0.6) is 0 Å². The van der Waals surface area contributed by atoms with Gasteiger partial charge in [-0.1, -0.05) is 0 Å². The predicted molar refractivity (Wildman–Crippen MR) is 44.8 cm³/mol. The maximum absolute atomic E-state index is 2.14. The van der Waals surface area contributed by atoms with Crippen LogP contribution in [0, 0.1) is 0 Å². The lowest BCUT2D eigenvalue weighted by molar-refractivity contribution is 0.552. The Labute approximate surface area is 65.2 Å². The van der Waals surface area contributed by atoms with E-state index in [-0.39, 0.29) is 24.0 Å². The van der Waals surface area contributed by atoms with Crippen LogP contribution in [0.25, 0.3) is 0 Å². The second-order valence-electron chi connectivity index (χ2n) is 1.34. The Bertz CT molecular complexity index is 74.1. The molecule has 0 unspecified atom stereocenters. The van der Waals surface area contributed by atoms with Gasteiger partial charge in [-0.2, -0.15) is 0 Å². The lowest BCUT2D eigenvalue weighted by atomic mass is 10.9. The molecule has 0 saturated heterocycles. The van der Waals surface area contributed by atoms with E-state index in [1.165, 1.54) is 0 Å². The quantitative estimate of drug-likeness (QED) is 0.582. The summed E-state index contributed by atoms with van der Waals surface area (Å²) in [4.78, 5) is 2.14. The molecule has 0 fully saturated rings. The van der Waals surface area contributed by atoms with E-state index in [9.17, 15) is 0 Å². The highest BCUT2D eigenvalue weighted by Gasteiger charge is 1.93. The average Bonchev–Trinajstić information content (AvgIpc) is 1.86. The lowest BCUT2D eigenvalue weighted by Gasteiger charge is -2.01. The first-order chi connectivity index (χ1) is 2.89. The van der Waals surface area contributed by atoms with Crippen molar-refractivity contribution in [1.29, 1.82) is 0 Å². The minimum Gasteiger partial charge on any atom is -0.370 e. The van der Waals surface area contributed by atoms with Gasteiger partial charge in [0, 0.05) is 13.2 Å². The summed E-state index contributed by atoms with van der Waals surface area (Å²) >= 11 is 1.83. The minimum atomic E-state index is 0. The van der Waals surface area contributed by atoms with Crippen LogP contribution in [0.4, 0.5) is 0 Å². The van der Waals surface area contributed by atoms with Crippen molar-refractivity contribution in [1.82, 2.24) is 4.90 Å². The minimum absolute atomic E-state index is 0. The summed E-state index contributed by atoms with van der Waals surface area (Å²) < 4.78 is 0. The summed E-state index contributed by atoms with van der Waals surface area (Å²) in [5.41, 5.74) is 0. The van der Waals surface area contributed by atoms with Crippen molar-refractivity contribution in [3.8, 4) is 0 Å². The summed E-state index contributed by atoms with van der Waals surface area (Å²) in [5.74, 6) is 1.12. The number of rotatable bonds is 0. The Morgan fingerprint density at radius 2 is 2.43 bits per heavy atom. The topological polar surface area (TPSA) is 3.24 Å². The molecule has 7 heavy (non-hydrogen) atoms. The molecular formula is C4H8INS. The third-order valence-corrected chi connectivity index (χ3v) is 1.56. The van der Waals surface area contributed by atoms with Crippen molar-refractivity contribution in [3.05, 3.63) is 11.6 Å². The summed E-state index contributed by atoms with van der Waals surface area (Å²) in [7, 11) is 2.07. The van der Waals surface area contributed by atoms with Crippen molar-refractivity contribution in [2.24, 2.45) is 0 Å². The van der Waals surface area contributed by atoms with Crippen LogP contribution in [-0.4, -0.2) is 17.8 Å². The Morgan fingerprint density at radius 3 is 2.57 bits per heavy atom. The average molecular weight is 229 g/mol. The fourth-order valence-electron chi connectivity index (χ4n) is 0.351. The van der Waals surface area contributed by atoms with Gasteiger partial charge >= 0.3 is 0 Å². The molecule has 0 aromatic rings. The second-order valence-corrected chi connectivity index (χ2v) is 2.20. The molecule has 1 rings (SSSR count). The highest BCUT2D eigenvalue weighted by Crippen LogP contribution is 2.11. The fourth-order valence-corrected chi connectivity index (χ4v) is 1.05. The van der Waals surface area contributed by atoms with Crippen LogP contribution < -0.4 is 0 Å². The van der Waals surface area contributed by atoms with Crippen LogP contribution in [-0.2, 0) is 0 Å². The zero-order valence-electron chi connectivity index (χ0n) is 4.13. The van der Waals surface area contributed by atoms with E-state index in [1.54, 1.807) is 0 Å². The maximum atomic E-state index is 2.14. The highest BCUT2D eigenvalue weighted by molar-refractivity contribution is 14.0. The van der Waals surface area contributed by atoms with Gasteiger partial charge in [-0.05, 0) is 5.41 Å². The Hall–Kier alpha value is 0.620. The molecule has 0 aromatic carbocycles. The van der Waals surface area contributed by atoms with Crippen molar-refractivity contribution in [2.75, 3.05) is 12.9 Å². The molecule has 0 amide bonds. The molecular weight excluding hydrogens is 221 g/mol. The molecule has 0 N–H and O–H groups in total. The summed E-state index contributed by atoms with van der Waals surface area (Å²) in [6.45, 7) is 0. The summed E-state index contributed by atoms with van der Waals surface area (Å²) in [5, 5.41) is 2.10. The van der Waals surface area contributed by atoms with E-state index in [4.69, 9.17) is 0 Å². The van der Waals surface area contributed by atoms with Gasteiger partial charge in [-0.3, -0.25) is 0 Å². The van der Waals surface area contributed by atoms with Crippen LogP contribution in [0.1, 0.15) is 0 Å². The van der Waals surface area contributed by atoms with Crippen LogP contribution in [0.2, 0.25) is 0 Å². The predicted octanol–water partition coefficient (Wildman–Crippen LogP) is 1.71. The Balaban J connectivity index is 0.000000360. The summed E-state index contributed by atoms with van der Waals surface area (Å²) in [6.07, 6.45) is 2.07. The van der Waals surface area contributed by atoms with Gasteiger partial charge in [0.25, 0.3) is 0 Å². The molecule has 0 spiro atoms. The first-order valence-electron chi connectivity index (χ1n) is 1.88. The first-order valence-corrected chi connectivity index (χ1v) is 2.93. The number of hydrogen-bond donors (Lipinski definition) is 0. The van der Waals surface area contributed by atoms with Gasteiger partial charge in [0.15, 0.2) is 0 Å². The molecule has 0 saturated carbocycles. The van der Waals surface area contributed by atoms with E-state index >= 15 is 0 Å². The van der Waals surface area contributed by atoms with Gasteiger partial charge in [0.05, 0.1) is 5.88 Å². The molecule has 1 heterocycles. The van der Waals surface area contributed by atoms with Crippen molar-refractivity contribution < 1.29 is 0 Å². The molecule has 1 aliphatic heterocycles. The lowest BCUT2D eigenvalue weighted by Crippen LogP contribution is -2.02. The normalized spacial score (nSPS) is 17.0. The number of thioether (sulfide) groups is 1. The van der Waals surface area contributed by atoms with Crippen LogP contribution >= 0.6 is 35.7 Å². The molecule has 0 atom stereocenters. The zero-order chi connectivity index (χ0) is 4.41. The Morgan fingerprint density at radius 1 is 1.71 bits per heavy atom. The van der Waals surface area contributed by atoms with Crippen molar-refractivity contribution in [2.45, 2.75) is 0 Å². The molecule has 0 aliphatic carbocycles. The molecule has 0 radical (unpaired) electrons. The van der Waals surface area contributed by atoms with Crippen LogP contribution in [0.3, 0.4) is 0 Å². The van der Waals surface area contributed by atoms with Gasteiger partial charge < -0.3 is 4.90 Å². The van der Waals surface area contributed by atoms with Gasteiger partial charge in [0.1, 0.15) is 0 Å². The van der Waals surface area contributed by atoms with E-state index < -0.39 is 0 Å². The van der Waals surface area contributed by atoms with Gasteiger partial charge in [0.2, 0.25) is 0 Å². The zero-order valence-corrected chi connectivity index (χ0v) is 7.27. The molecule has 42 valence electrons. The monoisotopic (exact) mass is 229 g/mol. The van der Waals surface area contributed by atoms with E-state index in [2.05, 4.69) is 23.6 Å². The summed E-state index contributed by atoms with van der Waals surface area (Å²) in [6, 6.07) is 0. The number of halogens is 1. The molecule has 3 heteroatoms. The highest BCUT2D eigenvalue weighted by atomic mass is 127. The first kappa shape index (κ1) is 7.62. The van der Waals surface area contributed by atoms with E-state index in [0.717, 1.165) is 5.88 Å². The smallest absolute Gasteiger partial charge is 0.0671 e. The molecule has 0 bridgehead atoms. The largest absolute Gasteiger partial charge is 0.370 e. The maximum Gasteiger partial charge on any atom is 0.0671 e. The fraction of sp³-hybridized carbons (Fsp3) is 0.500. The van der Waals surface area contributed by atoms with Crippen molar-refractivity contribution in [3.63, 3.8) is 0 Å². The molecule has 1 nitrogen and oxygen atoms in total. The number of nitrogens with zero attached hydrogens (tertiary/aromatic N) is 1. The number of hydrogen-bond acceptors (Lipinski definition) is 2. The van der Waals surface area contributed by atoms with Gasteiger partial charge in [-0.15, -0.1) is 35.7 Å². The molecule has 0 aromatic heterocycles. The van der Waals surface area contributed by atoms with Gasteiger partial charge in [-0.25, -0.2) is 0 Å². The Kier molecular flexibility index (Phi) is 3.92. The SMILES string of the molecule is CN1C=CSC1.I. The van der Waals surface area contributed by atoms with Crippen molar-refractivity contribution >= 4 is 35.7 Å². The third-order valence-electron chi connectivity index (χ3n) is 0.690. The van der Waals surface area contributed by atoms with E-state index in [1.807, 2.05) is 11.8 Å². The van der Waals surface area contributed by atoms with E-state index in [0.29, 0.717) is 0 Å².